The zero-order chi connectivity index (χ0) is 17.4. The van der Waals surface area contributed by atoms with Crippen LogP contribution in [-0.4, -0.2) is 44.9 Å². The molecule has 0 spiro atoms. The first-order valence-electron chi connectivity index (χ1n) is 8.06. The molecule has 25 heavy (non-hydrogen) atoms. The third-order valence-corrected chi connectivity index (χ3v) is 4.34. The Balaban J connectivity index is 1.65. The maximum atomic E-state index is 12.9. The molecule has 2 aromatic rings. The van der Waals surface area contributed by atoms with E-state index in [9.17, 15) is 9.59 Å². The van der Waals surface area contributed by atoms with Crippen LogP contribution in [0.1, 0.15) is 12.8 Å². The number of hydrazone groups is 1. The monoisotopic (exact) mass is 339 g/mol. The van der Waals surface area contributed by atoms with Crippen molar-refractivity contribution in [3.05, 3.63) is 36.7 Å². The van der Waals surface area contributed by atoms with Gasteiger partial charge in [0.25, 0.3) is 5.91 Å². The number of para-hydroxylation sites is 1. The lowest BCUT2D eigenvalue weighted by Crippen LogP contribution is -2.43. The lowest BCUT2D eigenvalue weighted by Gasteiger charge is -2.25. The van der Waals surface area contributed by atoms with Gasteiger partial charge in [0, 0.05) is 19.5 Å². The minimum atomic E-state index is -0.677. The number of aromatic nitrogens is 3. The maximum absolute atomic E-state index is 12.9. The molecule has 0 fully saturated rings. The van der Waals surface area contributed by atoms with Gasteiger partial charge in [-0.15, -0.1) is 0 Å². The molecule has 4 rings (SSSR count). The Hall–Kier alpha value is -3.23. The van der Waals surface area contributed by atoms with Gasteiger partial charge in [0.15, 0.2) is 0 Å². The number of anilines is 2. The highest BCUT2D eigenvalue weighted by Gasteiger charge is 2.38. The number of amides is 2. The second kappa shape index (κ2) is 6.00. The molecule has 0 radical (unpaired) electrons. The lowest BCUT2D eigenvalue weighted by molar-refractivity contribution is -0.119. The zero-order valence-electron chi connectivity index (χ0n) is 13.4. The first kappa shape index (κ1) is 15.3. The molecule has 0 saturated heterocycles. The van der Waals surface area contributed by atoms with Gasteiger partial charge in [0.2, 0.25) is 11.9 Å². The highest BCUT2D eigenvalue weighted by Crippen LogP contribution is 2.26. The fourth-order valence-corrected chi connectivity index (χ4v) is 3.13. The Morgan fingerprint density at radius 1 is 1.16 bits per heavy atom. The van der Waals surface area contributed by atoms with Crippen LogP contribution in [0.25, 0.3) is 0 Å². The van der Waals surface area contributed by atoms with Crippen LogP contribution in [0.5, 0.6) is 0 Å². The van der Waals surface area contributed by atoms with Crippen molar-refractivity contribution < 1.29 is 9.59 Å². The van der Waals surface area contributed by atoms with Gasteiger partial charge in [0.05, 0.1) is 5.69 Å². The molecule has 2 aliphatic rings. The minimum Gasteiger partial charge on any atom is -0.368 e. The van der Waals surface area contributed by atoms with Crippen molar-refractivity contribution in [2.24, 2.45) is 10.8 Å². The standard InChI is InChI=1S/C16H17N7O2/c17-14(24)13-9-12(20-23(13)11-5-2-1-3-6-11)15(25)21-7-4-8-22-16(21)18-10-19-22/h1-3,5-6,10,13H,4,7-9H2,(H2,17,24)/t13-/m1/s1. The Morgan fingerprint density at radius 2 is 1.96 bits per heavy atom. The van der Waals surface area contributed by atoms with Crippen LogP contribution >= 0.6 is 0 Å². The van der Waals surface area contributed by atoms with E-state index < -0.39 is 11.9 Å². The van der Waals surface area contributed by atoms with Gasteiger partial charge < -0.3 is 5.73 Å². The average molecular weight is 339 g/mol. The highest BCUT2D eigenvalue weighted by atomic mass is 16.2. The number of aryl methyl sites for hydroxylation is 1. The number of carbonyl (C=O) groups excluding carboxylic acids is 2. The van der Waals surface area contributed by atoms with Crippen LogP contribution in [0.3, 0.4) is 0 Å². The topological polar surface area (TPSA) is 110 Å². The molecule has 0 aliphatic carbocycles. The smallest absolute Gasteiger partial charge is 0.276 e. The van der Waals surface area contributed by atoms with Crippen molar-refractivity contribution in [2.75, 3.05) is 16.5 Å². The summed E-state index contributed by atoms with van der Waals surface area (Å²) in [6, 6.07) is 8.53. The van der Waals surface area contributed by atoms with E-state index >= 15 is 0 Å². The Labute approximate surface area is 143 Å². The second-order valence-corrected chi connectivity index (χ2v) is 5.94. The van der Waals surface area contributed by atoms with E-state index in [4.69, 9.17) is 5.73 Å². The van der Waals surface area contributed by atoms with Crippen molar-refractivity contribution >= 4 is 29.2 Å². The Kier molecular flexibility index (Phi) is 3.68. The molecule has 1 atom stereocenters. The quantitative estimate of drug-likeness (QED) is 0.855. The van der Waals surface area contributed by atoms with E-state index in [-0.39, 0.29) is 12.3 Å². The second-order valence-electron chi connectivity index (χ2n) is 5.94. The third kappa shape index (κ3) is 2.63. The summed E-state index contributed by atoms with van der Waals surface area (Å²) in [5.74, 6) is -0.274. The van der Waals surface area contributed by atoms with Crippen LogP contribution in [0.15, 0.2) is 41.8 Å². The molecule has 2 amide bonds. The van der Waals surface area contributed by atoms with Crippen molar-refractivity contribution in [1.82, 2.24) is 14.8 Å². The van der Waals surface area contributed by atoms with E-state index in [1.807, 2.05) is 30.3 Å². The number of hydrogen-bond donors (Lipinski definition) is 1. The first-order chi connectivity index (χ1) is 12.1. The highest BCUT2D eigenvalue weighted by molar-refractivity contribution is 6.44. The summed E-state index contributed by atoms with van der Waals surface area (Å²) in [6.07, 6.45) is 2.39. The molecule has 3 heterocycles. The van der Waals surface area contributed by atoms with Crippen molar-refractivity contribution in [1.29, 1.82) is 0 Å². The van der Waals surface area contributed by atoms with Gasteiger partial charge in [-0.25, -0.2) is 4.68 Å². The third-order valence-electron chi connectivity index (χ3n) is 4.34. The van der Waals surface area contributed by atoms with E-state index in [2.05, 4.69) is 15.2 Å². The van der Waals surface area contributed by atoms with Crippen molar-refractivity contribution in [3.63, 3.8) is 0 Å². The number of carbonyl (C=O) groups is 2. The molecule has 128 valence electrons. The first-order valence-corrected chi connectivity index (χ1v) is 8.06. The Bertz CT molecular complexity index is 845. The van der Waals surface area contributed by atoms with Gasteiger partial charge in [-0.05, 0) is 18.6 Å². The molecule has 1 aromatic heterocycles. The number of benzene rings is 1. The van der Waals surface area contributed by atoms with Crippen LogP contribution in [0.4, 0.5) is 11.6 Å². The summed E-state index contributed by atoms with van der Waals surface area (Å²) < 4.78 is 1.69. The minimum absolute atomic E-state index is 0.174. The average Bonchev–Trinajstić information content (AvgIpc) is 3.28. The van der Waals surface area contributed by atoms with Gasteiger partial charge in [-0.1, -0.05) is 18.2 Å². The summed E-state index contributed by atoms with van der Waals surface area (Å²) >= 11 is 0. The van der Waals surface area contributed by atoms with E-state index in [1.165, 1.54) is 11.3 Å². The summed E-state index contributed by atoms with van der Waals surface area (Å²) in [6.45, 7) is 1.27. The molecule has 0 bridgehead atoms. The van der Waals surface area contributed by atoms with Gasteiger partial charge in [0.1, 0.15) is 18.1 Å². The van der Waals surface area contributed by atoms with Gasteiger partial charge in [-0.3, -0.25) is 19.5 Å². The summed E-state index contributed by atoms with van der Waals surface area (Å²) in [5.41, 5.74) is 6.53. The van der Waals surface area contributed by atoms with E-state index in [0.29, 0.717) is 18.2 Å². The molecule has 2 N–H and O–H groups in total. The van der Waals surface area contributed by atoms with Crippen molar-refractivity contribution in [3.8, 4) is 0 Å². The van der Waals surface area contributed by atoms with E-state index in [1.54, 1.807) is 9.58 Å². The molecule has 2 aliphatic heterocycles. The fraction of sp³-hybridized carbons (Fsp3) is 0.312. The molecule has 9 heteroatoms. The number of nitrogens with zero attached hydrogens (tertiary/aromatic N) is 6. The Morgan fingerprint density at radius 3 is 2.72 bits per heavy atom. The van der Waals surface area contributed by atoms with Crippen LogP contribution < -0.4 is 15.6 Å². The van der Waals surface area contributed by atoms with Gasteiger partial charge in [-0.2, -0.15) is 15.2 Å². The molecule has 0 saturated carbocycles. The normalized spacial score (nSPS) is 19.5. The molecular weight excluding hydrogens is 322 g/mol. The molecule has 0 unspecified atom stereocenters. The number of rotatable bonds is 3. The zero-order valence-corrected chi connectivity index (χ0v) is 13.4. The predicted octanol–water partition coefficient (Wildman–Crippen LogP) is 0.135. The molecule has 1 aromatic carbocycles. The van der Waals surface area contributed by atoms with Crippen LogP contribution in [-0.2, 0) is 16.1 Å². The summed E-state index contributed by atoms with van der Waals surface area (Å²) in [5, 5.41) is 10.0. The van der Waals surface area contributed by atoms with Crippen LogP contribution in [0, 0.1) is 0 Å². The summed E-state index contributed by atoms with van der Waals surface area (Å²) in [4.78, 5) is 30.5. The number of nitrogens with two attached hydrogens (primary N) is 1. The van der Waals surface area contributed by atoms with Gasteiger partial charge >= 0.3 is 0 Å². The van der Waals surface area contributed by atoms with Crippen LogP contribution in [0.2, 0.25) is 0 Å². The number of hydrogen-bond acceptors (Lipinski definition) is 6. The summed E-state index contributed by atoms with van der Waals surface area (Å²) in [7, 11) is 0. The molecular formula is C16H17N7O2. The fourth-order valence-electron chi connectivity index (χ4n) is 3.13. The largest absolute Gasteiger partial charge is 0.368 e. The number of fused-ring (bicyclic) bond motifs is 1. The number of primary amides is 1. The lowest BCUT2D eigenvalue weighted by atomic mass is 10.1. The van der Waals surface area contributed by atoms with E-state index in [0.717, 1.165) is 18.7 Å². The SMILES string of the molecule is NC(=O)[C@H]1CC(C(=O)N2CCCn3ncnc32)=NN1c1ccccc1. The molecule has 9 nitrogen and oxygen atoms in total. The predicted molar refractivity (Wildman–Crippen MR) is 90.9 cm³/mol. The van der Waals surface area contributed by atoms with Crippen molar-refractivity contribution in [2.45, 2.75) is 25.4 Å². The maximum Gasteiger partial charge on any atom is 0.276 e.